The molecule has 80 valence electrons. The van der Waals surface area contributed by atoms with Crippen molar-refractivity contribution in [1.29, 1.82) is 0 Å². The summed E-state index contributed by atoms with van der Waals surface area (Å²) in [5, 5.41) is 0. The van der Waals surface area contributed by atoms with Crippen molar-refractivity contribution in [3.63, 3.8) is 0 Å². The fourth-order valence-corrected chi connectivity index (χ4v) is 2.50. The Bertz CT molecular complexity index is 210. The number of carbonyl (C=O) groups is 1. The average molecular weight is 195 g/mol. The monoisotopic (exact) mass is 195 g/mol. The highest BCUT2D eigenvalue weighted by atomic mass is 16.1. The number of hydrogen-bond acceptors (Lipinski definition) is 2. The minimum absolute atomic E-state index is 0.162. The predicted octanol–water partition coefficient (Wildman–Crippen LogP) is 2.26. The van der Waals surface area contributed by atoms with Crippen molar-refractivity contribution in [2.75, 3.05) is 0 Å². The summed E-state index contributed by atoms with van der Waals surface area (Å²) in [6.07, 6.45) is 9.14. The van der Waals surface area contributed by atoms with Crippen LogP contribution in [0.15, 0.2) is 0 Å². The zero-order chi connectivity index (χ0) is 9.97. The maximum absolute atomic E-state index is 11.9. The number of ketones is 1. The minimum Gasteiger partial charge on any atom is -0.327 e. The second-order valence-corrected chi connectivity index (χ2v) is 5.00. The Morgan fingerprint density at radius 1 is 1.14 bits per heavy atom. The van der Waals surface area contributed by atoms with Crippen LogP contribution in [-0.4, -0.2) is 11.8 Å². The molecule has 2 rings (SSSR count). The molecule has 2 saturated carbocycles. The van der Waals surface area contributed by atoms with Crippen LogP contribution in [0.4, 0.5) is 0 Å². The standard InChI is InChI=1S/C12H21NO/c13-11-4-2-1-3-10(11)12(14)8-7-9-5-6-9/h9-11H,1-8,13H2/t10-,11+/m1/s1. The molecule has 0 aromatic rings. The lowest BCUT2D eigenvalue weighted by Gasteiger charge is -2.27. The summed E-state index contributed by atoms with van der Waals surface area (Å²) >= 11 is 0. The van der Waals surface area contributed by atoms with Crippen LogP contribution in [0, 0.1) is 11.8 Å². The van der Waals surface area contributed by atoms with Gasteiger partial charge in [-0.05, 0) is 25.2 Å². The van der Waals surface area contributed by atoms with Crippen molar-refractivity contribution in [3.8, 4) is 0 Å². The van der Waals surface area contributed by atoms with Gasteiger partial charge in [-0.3, -0.25) is 4.79 Å². The highest BCUT2D eigenvalue weighted by Crippen LogP contribution is 2.34. The number of Topliss-reactive ketones (excluding diaryl/α,β-unsaturated/α-hetero) is 1. The minimum atomic E-state index is 0.162. The van der Waals surface area contributed by atoms with Crippen molar-refractivity contribution in [2.24, 2.45) is 17.6 Å². The fourth-order valence-electron chi connectivity index (χ4n) is 2.50. The first kappa shape index (κ1) is 10.2. The Morgan fingerprint density at radius 2 is 1.86 bits per heavy atom. The third kappa shape index (κ3) is 2.57. The quantitative estimate of drug-likeness (QED) is 0.747. The lowest BCUT2D eigenvalue weighted by molar-refractivity contribution is -0.124. The van der Waals surface area contributed by atoms with Gasteiger partial charge >= 0.3 is 0 Å². The molecule has 0 aromatic heterocycles. The molecule has 2 nitrogen and oxygen atoms in total. The van der Waals surface area contributed by atoms with E-state index in [2.05, 4.69) is 0 Å². The summed E-state index contributed by atoms with van der Waals surface area (Å²) in [4.78, 5) is 11.9. The summed E-state index contributed by atoms with van der Waals surface area (Å²) in [7, 11) is 0. The summed E-state index contributed by atoms with van der Waals surface area (Å²) in [6, 6.07) is 0.162. The van der Waals surface area contributed by atoms with E-state index in [9.17, 15) is 4.79 Å². The zero-order valence-corrected chi connectivity index (χ0v) is 8.87. The molecule has 0 heterocycles. The molecule has 14 heavy (non-hydrogen) atoms. The average Bonchev–Trinajstić information content (AvgIpc) is 2.98. The first-order valence-electron chi connectivity index (χ1n) is 6.05. The maximum Gasteiger partial charge on any atom is 0.137 e. The van der Waals surface area contributed by atoms with Gasteiger partial charge in [-0.2, -0.15) is 0 Å². The normalized spacial score (nSPS) is 32.9. The van der Waals surface area contributed by atoms with Crippen molar-refractivity contribution >= 4 is 5.78 Å². The molecule has 0 radical (unpaired) electrons. The van der Waals surface area contributed by atoms with Crippen molar-refractivity contribution < 1.29 is 4.79 Å². The maximum atomic E-state index is 11.9. The van der Waals surface area contributed by atoms with Gasteiger partial charge in [0, 0.05) is 18.4 Å². The van der Waals surface area contributed by atoms with Crippen LogP contribution >= 0.6 is 0 Å². The van der Waals surface area contributed by atoms with Gasteiger partial charge in [-0.15, -0.1) is 0 Å². The van der Waals surface area contributed by atoms with E-state index in [4.69, 9.17) is 5.73 Å². The van der Waals surface area contributed by atoms with Gasteiger partial charge in [-0.25, -0.2) is 0 Å². The Labute approximate surface area is 86.2 Å². The highest BCUT2D eigenvalue weighted by molar-refractivity contribution is 5.81. The molecule has 2 fully saturated rings. The predicted molar refractivity (Wildman–Crippen MR) is 56.9 cm³/mol. The number of carbonyl (C=O) groups excluding carboxylic acids is 1. The van der Waals surface area contributed by atoms with E-state index in [1.54, 1.807) is 0 Å². The summed E-state index contributed by atoms with van der Waals surface area (Å²) in [6.45, 7) is 0. The molecule has 0 bridgehead atoms. The van der Waals surface area contributed by atoms with Crippen LogP contribution in [0.3, 0.4) is 0 Å². The third-order valence-corrected chi connectivity index (χ3v) is 3.73. The van der Waals surface area contributed by atoms with Gasteiger partial charge in [0.1, 0.15) is 5.78 Å². The molecule has 2 N–H and O–H groups in total. The van der Waals surface area contributed by atoms with Crippen LogP contribution in [0.1, 0.15) is 51.4 Å². The van der Waals surface area contributed by atoms with Crippen LogP contribution in [0.5, 0.6) is 0 Å². The SMILES string of the molecule is N[C@H]1CCCC[C@H]1C(=O)CCC1CC1. The molecule has 2 heteroatoms. The van der Waals surface area contributed by atoms with Crippen LogP contribution < -0.4 is 5.73 Å². The summed E-state index contributed by atoms with van der Waals surface area (Å²) in [5.41, 5.74) is 5.98. The summed E-state index contributed by atoms with van der Waals surface area (Å²) in [5.74, 6) is 1.52. The van der Waals surface area contributed by atoms with E-state index in [-0.39, 0.29) is 12.0 Å². The van der Waals surface area contributed by atoms with E-state index in [1.807, 2.05) is 0 Å². The van der Waals surface area contributed by atoms with E-state index >= 15 is 0 Å². The smallest absolute Gasteiger partial charge is 0.137 e. The molecule has 2 aliphatic carbocycles. The van der Waals surface area contributed by atoms with Crippen LogP contribution in [0.25, 0.3) is 0 Å². The molecule has 0 aromatic carbocycles. The number of rotatable bonds is 4. The highest BCUT2D eigenvalue weighted by Gasteiger charge is 2.29. The van der Waals surface area contributed by atoms with E-state index < -0.39 is 0 Å². The molecule has 0 spiro atoms. The van der Waals surface area contributed by atoms with Gasteiger partial charge in [0.15, 0.2) is 0 Å². The molecule has 2 aliphatic rings. The number of hydrogen-bond donors (Lipinski definition) is 1. The molecule has 0 aliphatic heterocycles. The molecule has 0 saturated heterocycles. The first-order chi connectivity index (χ1) is 6.77. The van der Waals surface area contributed by atoms with Gasteiger partial charge < -0.3 is 5.73 Å². The van der Waals surface area contributed by atoms with Crippen molar-refractivity contribution in [2.45, 2.75) is 57.4 Å². The Kier molecular flexibility index (Phi) is 3.22. The van der Waals surface area contributed by atoms with Gasteiger partial charge in [-0.1, -0.05) is 25.7 Å². The zero-order valence-electron chi connectivity index (χ0n) is 8.87. The summed E-state index contributed by atoms with van der Waals surface area (Å²) < 4.78 is 0. The Morgan fingerprint density at radius 3 is 2.50 bits per heavy atom. The topological polar surface area (TPSA) is 43.1 Å². The molecule has 0 amide bonds. The first-order valence-corrected chi connectivity index (χ1v) is 6.05. The molecular formula is C12H21NO. The van der Waals surface area contributed by atoms with Gasteiger partial charge in [0.05, 0.1) is 0 Å². The van der Waals surface area contributed by atoms with E-state index in [1.165, 1.54) is 25.7 Å². The fraction of sp³-hybridized carbons (Fsp3) is 0.917. The second-order valence-electron chi connectivity index (χ2n) is 5.00. The lowest BCUT2D eigenvalue weighted by atomic mass is 9.81. The van der Waals surface area contributed by atoms with Gasteiger partial charge in [0.2, 0.25) is 0 Å². The molecule has 2 atom stereocenters. The molecule has 0 unspecified atom stereocenters. The van der Waals surface area contributed by atoms with Crippen LogP contribution in [-0.2, 0) is 4.79 Å². The van der Waals surface area contributed by atoms with Crippen molar-refractivity contribution in [3.05, 3.63) is 0 Å². The van der Waals surface area contributed by atoms with Crippen molar-refractivity contribution in [1.82, 2.24) is 0 Å². The second kappa shape index (κ2) is 4.43. The third-order valence-electron chi connectivity index (χ3n) is 3.73. The van der Waals surface area contributed by atoms with Gasteiger partial charge in [0.25, 0.3) is 0 Å². The Balaban J connectivity index is 1.76. The van der Waals surface area contributed by atoms with Crippen LogP contribution in [0.2, 0.25) is 0 Å². The lowest BCUT2D eigenvalue weighted by Crippen LogP contribution is -2.38. The number of nitrogens with two attached hydrogens (primary N) is 1. The van der Waals surface area contributed by atoms with E-state index in [0.29, 0.717) is 5.78 Å². The molecular weight excluding hydrogens is 174 g/mol. The van der Waals surface area contributed by atoms with E-state index in [0.717, 1.165) is 31.6 Å². The largest absolute Gasteiger partial charge is 0.327 e. The Hall–Kier alpha value is -0.370.